The Morgan fingerprint density at radius 3 is 2.75 bits per heavy atom. The molecule has 0 unspecified atom stereocenters. The van der Waals surface area contributed by atoms with E-state index in [2.05, 4.69) is 10.8 Å². The molecule has 0 saturated heterocycles. The van der Waals surface area contributed by atoms with Crippen LogP contribution in [-0.4, -0.2) is 12.2 Å². The summed E-state index contributed by atoms with van der Waals surface area (Å²) in [6, 6.07) is 7.09. The van der Waals surface area contributed by atoms with Crippen molar-refractivity contribution in [2.45, 2.75) is 0 Å². The second-order valence-corrected chi connectivity index (χ2v) is 2.22. The summed E-state index contributed by atoms with van der Waals surface area (Å²) in [6.07, 6.45) is 2.58. The molecule has 1 aromatic carbocycles. The number of hydrogen-bond acceptors (Lipinski definition) is 3. The fourth-order valence-electron chi connectivity index (χ4n) is 0.777. The van der Waals surface area contributed by atoms with Crippen LogP contribution in [0.15, 0.2) is 30.2 Å². The van der Waals surface area contributed by atoms with Gasteiger partial charge in [0.25, 0.3) is 0 Å². The van der Waals surface area contributed by atoms with Crippen molar-refractivity contribution in [2.24, 2.45) is 0 Å². The normalized spacial score (nSPS) is 10.6. The molecule has 0 atom stereocenters. The molecule has 12 heavy (non-hydrogen) atoms. The Hall–Kier alpha value is -1.73. The number of para-hydroxylation sites is 1. The van der Waals surface area contributed by atoms with Crippen LogP contribution < -0.4 is 5.73 Å². The minimum Gasteiger partial charge on any atom is -0.464 e. The molecule has 0 saturated carbocycles. The summed E-state index contributed by atoms with van der Waals surface area (Å²) in [6.45, 7) is 0. The molecule has 62 valence electrons. The van der Waals surface area contributed by atoms with Gasteiger partial charge in [-0.2, -0.15) is 0 Å². The number of methoxy groups -OCH3 is 1. The Morgan fingerprint density at radius 1 is 1.50 bits per heavy atom. The van der Waals surface area contributed by atoms with Crippen LogP contribution in [0, 0.1) is 6.08 Å². The van der Waals surface area contributed by atoms with Crippen LogP contribution >= 0.6 is 0 Å². The zero-order chi connectivity index (χ0) is 8.97. The molecule has 0 aliphatic heterocycles. The highest BCUT2D eigenvalue weighted by Gasteiger charge is 2.08. The maximum atomic E-state index is 8.96. The summed E-state index contributed by atoms with van der Waals surface area (Å²) in [7, 11) is 1.36. The Bertz CT molecular complexity index is 294. The molecule has 0 bridgehead atoms. The number of nitrogen functional groups attached to an aromatic ring is 1. The second-order valence-electron chi connectivity index (χ2n) is 2.22. The predicted molar refractivity (Wildman–Crippen MR) is 46.4 cm³/mol. The Balaban J connectivity index is 2.96. The second kappa shape index (κ2) is 3.60. The van der Waals surface area contributed by atoms with Gasteiger partial charge >= 0.3 is 5.95 Å². The number of nitrogens with two attached hydrogens (primary N) is 1. The van der Waals surface area contributed by atoms with E-state index in [0.29, 0.717) is 11.3 Å². The first-order chi connectivity index (χ1) is 5.74. The molecule has 0 amide bonds. The quantitative estimate of drug-likeness (QED) is 0.395. The lowest BCUT2D eigenvalue weighted by Crippen LogP contribution is -1.91. The van der Waals surface area contributed by atoms with Crippen molar-refractivity contribution in [3.05, 3.63) is 41.9 Å². The van der Waals surface area contributed by atoms with Crippen LogP contribution in [0.3, 0.4) is 0 Å². The van der Waals surface area contributed by atoms with E-state index in [0.717, 1.165) is 0 Å². The number of ether oxygens (including phenoxy) is 1. The van der Waals surface area contributed by atoms with Crippen molar-refractivity contribution in [1.29, 1.82) is 0 Å². The smallest absolute Gasteiger partial charge is 0.400 e. The van der Waals surface area contributed by atoms with Gasteiger partial charge in [-0.05, 0) is 12.1 Å². The first-order valence-corrected chi connectivity index (χ1v) is 3.45. The topological polar surface area (TPSA) is 55.5 Å². The van der Waals surface area contributed by atoms with Gasteiger partial charge in [0.05, 0.1) is 13.2 Å². The van der Waals surface area contributed by atoms with Crippen molar-refractivity contribution < 1.29 is 9.84 Å². The van der Waals surface area contributed by atoms with Crippen LogP contribution in [0.25, 0.3) is 0 Å². The number of hydrogen-bond donors (Lipinski definition) is 2. The maximum Gasteiger partial charge on any atom is 0.400 e. The highest BCUT2D eigenvalue weighted by atomic mass is 16.6. The van der Waals surface area contributed by atoms with Gasteiger partial charge < -0.3 is 15.6 Å². The molecular formula is C9H10NO2+. The SMILES string of the molecule is COC(O)=[C+]c1ccccc1N. The first kappa shape index (κ1) is 8.37. The molecule has 0 spiro atoms. The summed E-state index contributed by atoms with van der Waals surface area (Å²) in [4.78, 5) is 0. The molecule has 1 aromatic rings. The van der Waals surface area contributed by atoms with Crippen LogP contribution in [0.5, 0.6) is 0 Å². The van der Waals surface area contributed by atoms with Gasteiger partial charge in [0.15, 0.2) is 5.69 Å². The molecule has 0 aliphatic rings. The number of anilines is 1. The van der Waals surface area contributed by atoms with Gasteiger partial charge in [0.1, 0.15) is 6.08 Å². The standard InChI is InChI=1S/C9H9NO2/c1-12-9(11)6-7-4-2-3-5-8(7)10/h2-5H,10H2,1H3/p+1. The van der Waals surface area contributed by atoms with Crippen molar-refractivity contribution in [3.63, 3.8) is 0 Å². The van der Waals surface area contributed by atoms with E-state index >= 15 is 0 Å². The fraction of sp³-hybridized carbons (Fsp3) is 0.111. The zero-order valence-electron chi connectivity index (χ0n) is 6.74. The highest BCUT2D eigenvalue weighted by molar-refractivity contribution is 5.49. The first-order valence-electron chi connectivity index (χ1n) is 3.45. The third kappa shape index (κ3) is 1.87. The maximum absolute atomic E-state index is 8.96. The van der Waals surface area contributed by atoms with E-state index in [4.69, 9.17) is 10.8 Å². The number of aliphatic hydroxyl groups excluding tert-OH is 1. The fourth-order valence-corrected chi connectivity index (χ4v) is 0.777. The molecule has 0 fully saturated rings. The van der Waals surface area contributed by atoms with Crippen LogP contribution in [0.4, 0.5) is 5.69 Å². The average molecular weight is 164 g/mol. The van der Waals surface area contributed by atoms with E-state index in [9.17, 15) is 0 Å². The van der Waals surface area contributed by atoms with Crippen LogP contribution in [-0.2, 0) is 4.74 Å². The van der Waals surface area contributed by atoms with Crippen molar-refractivity contribution >= 4 is 5.69 Å². The van der Waals surface area contributed by atoms with Gasteiger partial charge in [-0.1, -0.05) is 0 Å². The van der Waals surface area contributed by atoms with Gasteiger partial charge in [0.2, 0.25) is 5.56 Å². The van der Waals surface area contributed by atoms with E-state index in [-0.39, 0.29) is 5.95 Å². The molecule has 0 aliphatic carbocycles. The molecule has 1 rings (SSSR count). The largest absolute Gasteiger partial charge is 0.464 e. The molecule has 3 N–H and O–H groups in total. The Kier molecular flexibility index (Phi) is 2.51. The minimum atomic E-state index is -0.270. The van der Waals surface area contributed by atoms with Crippen LogP contribution in [0.1, 0.15) is 5.56 Å². The summed E-state index contributed by atoms with van der Waals surface area (Å²) >= 11 is 0. The van der Waals surface area contributed by atoms with Crippen molar-refractivity contribution in [2.75, 3.05) is 12.8 Å². The molecule has 0 radical (unpaired) electrons. The van der Waals surface area contributed by atoms with E-state index < -0.39 is 0 Å². The van der Waals surface area contributed by atoms with E-state index in [1.807, 2.05) is 12.1 Å². The Morgan fingerprint density at radius 2 is 2.17 bits per heavy atom. The van der Waals surface area contributed by atoms with Gasteiger partial charge in [-0.15, -0.1) is 0 Å². The lowest BCUT2D eigenvalue weighted by molar-refractivity contribution is 0.134. The molecule has 0 heterocycles. The number of rotatable bonds is 2. The summed E-state index contributed by atoms with van der Waals surface area (Å²) in [5, 5.41) is 8.96. The van der Waals surface area contributed by atoms with Gasteiger partial charge in [-0.25, -0.2) is 0 Å². The summed E-state index contributed by atoms with van der Waals surface area (Å²) in [5.41, 5.74) is 6.76. The van der Waals surface area contributed by atoms with Gasteiger partial charge in [-0.3, -0.25) is 0 Å². The minimum absolute atomic E-state index is 0.270. The lowest BCUT2D eigenvalue weighted by atomic mass is 10.2. The van der Waals surface area contributed by atoms with E-state index in [1.165, 1.54) is 7.11 Å². The average Bonchev–Trinajstić information content (AvgIpc) is 2.09. The van der Waals surface area contributed by atoms with Crippen LogP contribution in [0.2, 0.25) is 0 Å². The lowest BCUT2D eigenvalue weighted by Gasteiger charge is -1.90. The molecule has 0 aromatic heterocycles. The number of aliphatic hydroxyl groups is 1. The van der Waals surface area contributed by atoms with E-state index in [1.54, 1.807) is 12.1 Å². The third-order valence-electron chi connectivity index (χ3n) is 1.40. The monoisotopic (exact) mass is 164 g/mol. The summed E-state index contributed by atoms with van der Waals surface area (Å²) < 4.78 is 4.51. The molecule has 3 nitrogen and oxygen atoms in total. The van der Waals surface area contributed by atoms with Crippen molar-refractivity contribution in [1.82, 2.24) is 0 Å². The predicted octanol–water partition coefficient (Wildman–Crippen LogP) is 1.47. The zero-order valence-corrected chi connectivity index (χ0v) is 6.74. The van der Waals surface area contributed by atoms with Gasteiger partial charge in [0, 0.05) is 6.07 Å². The van der Waals surface area contributed by atoms with Crippen molar-refractivity contribution in [3.8, 4) is 0 Å². The molecular weight excluding hydrogens is 154 g/mol. The summed E-state index contributed by atoms with van der Waals surface area (Å²) in [5.74, 6) is -0.270. The number of benzene rings is 1. The Labute approximate surface area is 71.1 Å². The molecule has 3 heteroatoms. The highest BCUT2D eigenvalue weighted by Crippen LogP contribution is 2.11. The third-order valence-corrected chi connectivity index (χ3v) is 1.40.